The second kappa shape index (κ2) is 11.2. The Balaban J connectivity index is 2.61. The zero-order valence-electron chi connectivity index (χ0n) is 15.2. The molecule has 1 atom stereocenters. The fourth-order valence-electron chi connectivity index (χ4n) is 2.43. The molecule has 148 valence electrons. The molecule has 0 saturated carbocycles. The number of benzene rings is 1. The van der Waals surface area contributed by atoms with Gasteiger partial charge in [-0.2, -0.15) is 0 Å². The molecule has 8 N–H and O–H groups in total. The van der Waals surface area contributed by atoms with Gasteiger partial charge in [0, 0.05) is 19.2 Å². The molecule has 0 spiro atoms. The molecule has 0 fully saturated rings. The Kier molecular flexibility index (Phi) is 9.27. The van der Waals surface area contributed by atoms with E-state index in [0.717, 1.165) is 0 Å². The molecule has 11 heteroatoms. The number of nitrogens with zero attached hydrogens (tertiary/aromatic N) is 2. The summed E-state index contributed by atoms with van der Waals surface area (Å²) in [6.45, 7) is -0.288. The highest BCUT2D eigenvalue weighted by Crippen LogP contribution is 2.11. The first-order valence-electron chi connectivity index (χ1n) is 8.41. The summed E-state index contributed by atoms with van der Waals surface area (Å²) in [6, 6.07) is 6.54. The number of amides is 2. The second-order valence-corrected chi connectivity index (χ2v) is 6.01. The van der Waals surface area contributed by atoms with Gasteiger partial charge in [-0.15, -0.1) is 0 Å². The van der Waals surface area contributed by atoms with Crippen LogP contribution >= 0.6 is 0 Å². The average Bonchev–Trinajstić information content (AvgIpc) is 2.62. The van der Waals surface area contributed by atoms with E-state index in [-0.39, 0.29) is 32.1 Å². The Morgan fingerprint density at radius 3 is 2.56 bits per heavy atom. The van der Waals surface area contributed by atoms with E-state index in [1.165, 1.54) is 11.9 Å². The summed E-state index contributed by atoms with van der Waals surface area (Å²) in [5.74, 6) is -1.96. The summed E-state index contributed by atoms with van der Waals surface area (Å²) >= 11 is 0. The summed E-state index contributed by atoms with van der Waals surface area (Å²) in [7, 11) is -0.316. The monoisotopic (exact) mass is 379 g/mol. The number of aliphatic hydroxyl groups excluding tert-OH is 1. The first-order valence-corrected chi connectivity index (χ1v) is 8.41. The lowest BCUT2D eigenvalue weighted by molar-refractivity contribution is -0.122. The van der Waals surface area contributed by atoms with E-state index in [4.69, 9.17) is 11.5 Å². The third-order valence-electron chi connectivity index (χ3n) is 3.82. The minimum absolute atomic E-state index is 0.0663. The first kappa shape index (κ1) is 22.4. The molecule has 0 aliphatic heterocycles. The predicted molar refractivity (Wildman–Crippen MR) is 101 cm³/mol. The van der Waals surface area contributed by atoms with E-state index in [2.05, 4.69) is 10.3 Å². The number of hydrogen-bond acceptors (Lipinski definition) is 6. The fourth-order valence-corrected chi connectivity index (χ4v) is 2.43. The molecule has 27 heavy (non-hydrogen) atoms. The first-order chi connectivity index (χ1) is 12.8. The Morgan fingerprint density at radius 2 is 1.96 bits per heavy atom. The highest BCUT2D eigenvalue weighted by Gasteiger charge is 2.26. The normalized spacial score (nSPS) is 11.4. The van der Waals surface area contributed by atoms with Gasteiger partial charge in [-0.25, -0.2) is 0 Å². The molecule has 0 saturated heterocycles. The van der Waals surface area contributed by atoms with Gasteiger partial charge in [0.2, 0.25) is 5.91 Å². The Morgan fingerprint density at radius 1 is 1.30 bits per heavy atom. The molecule has 0 radical (unpaired) electrons. The molecule has 10 nitrogen and oxygen atoms in total. The molecular formula is C16H26BN5O5. The number of aliphatic hydroxyl groups is 1. The Hall–Kier alpha value is -2.63. The van der Waals surface area contributed by atoms with Crippen LogP contribution in [0.1, 0.15) is 28.8 Å². The minimum Gasteiger partial charge on any atom is -0.426 e. The molecule has 1 unspecified atom stereocenters. The number of nitrogens with one attached hydrogen (secondary N) is 1. The summed E-state index contributed by atoms with van der Waals surface area (Å²) in [5.41, 5.74) is 11.2. The fraction of sp³-hybridized carbons (Fsp3) is 0.438. The van der Waals surface area contributed by atoms with Crippen LogP contribution in [-0.2, 0) is 11.4 Å². The highest BCUT2D eigenvalue weighted by atomic mass is 16.4. The second-order valence-electron chi connectivity index (χ2n) is 6.01. The van der Waals surface area contributed by atoms with Crippen LogP contribution in [0.4, 0.5) is 0 Å². The van der Waals surface area contributed by atoms with Crippen molar-refractivity contribution in [1.82, 2.24) is 10.2 Å². The summed E-state index contributed by atoms with van der Waals surface area (Å²) < 4.78 is 0. The van der Waals surface area contributed by atoms with Gasteiger partial charge in [-0.3, -0.25) is 14.6 Å². The number of carbonyl (C=O) groups excluding carboxylic acids is 2. The molecule has 1 aromatic rings. The maximum Gasteiger partial charge on any atom is 0.475 e. The molecule has 0 bridgehead atoms. The highest BCUT2D eigenvalue weighted by molar-refractivity contribution is 6.43. The van der Waals surface area contributed by atoms with Crippen molar-refractivity contribution in [2.75, 3.05) is 20.1 Å². The van der Waals surface area contributed by atoms with Crippen LogP contribution in [0.2, 0.25) is 0 Å². The number of hydrogen-bond donors (Lipinski definition) is 6. The topological polar surface area (TPSA) is 174 Å². The van der Waals surface area contributed by atoms with E-state index >= 15 is 0 Å². The molecule has 0 heterocycles. The molecule has 1 aromatic carbocycles. The van der Waals surface area contributed by atoms with Crippen molar-refractivity contribution >= 4 is 24.9 Å². The number of nitrogens with two attached hydrogens (primary N) is 2. The van der Waals surface area contributed by atoms with Crippen molar-refractivity contribution in [1.29, 1.82) is 0 Å². The number of aliphatic imine (C=N–C) groups is 1. The number of guanidine groups is 1. The SMILES string of the molecule is CN(CC(=O)NC(CCCN=C(N)N)B(O)O)C(=O)c1ccccc1CO. The lowest BCUT2D eigenvalue weighted by Crippen LogP contribution is -2.49. The van der Waals surface area contributed by atoms with Crippen LogP contribution in [0.3, 0.4) is 0 Å². The van der Waals surface area contributed by atoms with Crippen molar-refractivity contribution in [3.8, 4) is 0 Å². The molecule has 1 rings (SSSR count). The van der Waals surface area contributed by atoms with Gasteiger partial charge in [0.05, 0.1) is 19.1 Å². The van der Waals surface area contributed by atoms with E-state index < -0.39 is 24.9 Å². The van der Waals surface area contributed by atoms with Crippen molar-refractivity contribution in [3.63, 3.8) is 0 Å². The summed E-state index contributed by atoms with van der Waals surface area (Å²) in [4.78, 5) is 29.6. The summed E-state index contributed by atoms with van der Waals surface area (Å²) in [5, 5.41) is 30.6. The maximum absolute atomic E-state index is 12.5. The molecule has 0 aromatic heterocycles. The Bertz CT molecular complexity index is 666. The number of likely N-dealkylation sites (N-methyl/N-ethyl adjacent to an activating group) is 1. The van der Waals surface area contributed by atoms with Crippen molar-refractivity contribution in [3.05, 3.63) is 35.4 Å². The summed E-state index contributed by atoms with van der Waals surface area (Å²) in [6.07, 6.45) is 0.671. The van der Waals surface area contributed by atoms with E-state index in [1.807, 2.05) is 0 Å². The lowest BCUT2D eigenvalue weighted by Gasteiger charge is -2.21. The molecule has 2 amide bonds. The van der Waals surface area contributed by atoms with Crippen molar-refractivity contribution in [2.24, 2.45) is 16.5 Å². The van der Waals surface area contributed by atoms with Crippen LogP contribution in [0.5, 0.6) is 0 Å². The van der Waals surface area contributed by atoms with Crippen LogP contribution in [0.25, 0.3) is 0 Å². The predicted octanol–water partition coefficient (Wildman–Crippen LogP) is -2.20. The van der Waals surface area contributed by atoms with E-state index in [9.17, 15) is 24.7 Å². The van der Waals surface area contributed by atoms with Gasteiger partial charge in [0.1, 0.15) is 0 Å². The van der Waals surface area contributed by atoms with Gasteiger partial charge in [-0.1, -0.05) is 18.2 Å². The Labute approximate surface area is 158 Å². The van der Waals surface area contributed by atoms with Gasteiger partial charge in [0.15, 0.2) is 5.96 Å². The van der Waals surface area contributed by atoms with Gasteiger partial charge < -0.3 is 36.8 Å². The maximum atomic E-state index is 12.5. The quantitative estimate of drug-likeness (QED) is 0.116. The number of rotatable bonds is 10. The zero-order chi connectivity index (χ0) is 20.4. The van der Waals surface area contributed by atoms with Crippen LogP contribution in [0, 0.1) is 0 Å². The van der Waals surface area contributed by atoms with Gasteiger partial charge in [-0.05, 0) is 24.5 Å². The largest absolute Gasteiger partial charge is 0.475 e. The van der Waals surface area contributed by atoms with E-state index in [0.29, 0.717) is 17.5 Å². The van der Waals surface area contributed by atoms with Crippen molar-refractivity contribution < 1.29 is 24.7 Å². The number of carbonyl (C=O) groups is 2. The van der Waals surface area contributed by atoms with Gasteiger partial charge >= 0.3 is 7.12 Å². The molecule has 0 aliphatic carbocycles. The van der Waals surface area contributed by atoms with E-state index in [1.54, 1.807) is 24.3 Å². The smallest absolute Gasteiger partial charge is 0.426 e. The third-order valence-corrected chi connectivity index (χ3v) is 3.82. The van der Waals surface area contributed by atoms with Gasteiger partial charge in [0.25, 0.3) is 5.91 Å². The van der Waals surface area contributed by atoms with Crippen LogP contribution < -0.4 is 16.8 Å². The average molecular weight is 379 g/mol. The standard InChI is InChI=1S/C16H26BN5O5/c1-22(15(25)12-6-3-2-5-11(12)10-23)9-14(24)21-13(17(26)27)7-4-8-20-16(18)19/h2-3,5-6,13,23,26-27H,4,7-10H2,1H3,(H,21,24)(H4,18,19,20). The lowest BCUT2D eigenvalue weighted by atomic mass is 9.76. The van der Waals surface area contributed by atoms with Crippen LogP contribution in [-0.4, -0.2) is 71.0 Å². The van der Waals surface area contributed by atoms with Crippen molar-refractivity contribution in [2.45, 2.75) is 25.4 Å². The molecule has 0 aliphatic rings. The minimum atomic E-state index is -1.76. The third kappa shape index (κ3) is 7.65. The van der Waals surface area contributed by atoms with Crippen LogP contribution in [0.15, 0.2) is 29.3 Å². The molecular weight excluding hydrogens is 353 g/mol. The zero-order valence-corrected chi connectivity index (χ0v) is 15.2.